The average Bonchev–Trinajstić information content (AvgIpc) is 2.81. The van der Waals surface area contributed by atoms with Gasteiger partial charge in [0, 0.05) is 40.3 Å². The first-order valence-corrected chi connectivity index (χ1v) is 12.0. The van der Waals surface area contributed by atoms with Gasteiger partial charge in [-0.05, 0) is 55.0 Å². The molecule has 0 aliphatic heterocycles. The first-order valence-electron chi connectivity index (χ1n) is 10.0. The van der Waals surface area contributed by atoms with E-state index in [2.05, 4.69) is 15.0 Å². The number of rotatable bonds is 9. The quantitative estimate of drug-likeness (QED) is 0.239. The summed E-state index contributed by atoms with van der Waals surface area (Å²) in [5.41, 5.74) is -0.0187. The Morgan fingerprint density at radius 2 is 1.45 bits per heavy atom. The van der Waals surface area contributed by atoms with Gasteiger partial charge < -0.3 is 4.98 Å². The summed E-state index contributed by atoms with van der Waals surface area (Å²) in [5, 5.41) is 0.534. The number of nitrogens with zero attached hydrogens (tertiary/aromatic N) is 3. The molecule has 0 radical (unpaired) electrons. The summed E-state index contributed by atoms with van der Waals surface area (Å²) in [6.07, 6.45) is 8.68. The summed E-state index contributed by atoms with van der Waals surface area (Å²) >= 11 is 3.39. The molecule has 0 aliphatic rings. The Labute approximate surface area is 212 Å². The first-order chi connectivity index (χ1) is 15.2. The van der Waals surface area contributed by atoms with Crippen molar-refractivity contribution in [1.82, 2.24) is 19.5 Å². The van der Waals surface area contributed by atoms with E-state index in [0.29, 0.717) is 16.7 Å². The van der Waals surface area contributed by atoms with E-state index < -0.39 is 0 Å². The Hall–Kier alpha value is -2.26. The number of benzene rings is 1. The van der Waals surface area contributed by atoms with E-state index in [0.717, 1.165) is 23.5 Å². The third kappa shape index (κ3) is 7.11. The van der Waals surface area contributed by atoms with E-state index in [4.69, 9.17) is 0 Å². The van der Waals surface area contributed by atoms with Crippen LogP contribution < -0.4 is 11.2 Å². The van der Waals surface area contributed by atoms with Gasteiger partial charge >= 0.3 is 5.69 Å². The zero-order chi connectivity index (χ0) is 21.5. The molecule has 1 unspecified atom stereocenters. The average molecular weight is 524 g/mol. The molecule has 10 heteroatoms. The van der Waals surface area contributed by atoms with Crippen molar-refractivity contribution in [1.29, 1.82) is 0 Å². The molecule has 1 aromatic carbocycles. The smallest absolute Gasteiger partial charge is 0.307 e. The van der Waals surface area contributed by atoms with E-state index in [1.165, 1.54) is 9.46 Å². The number of para-hydroxylation sites is 1. The number of thioether (sulfide) groups is 2. The standard InChI is InChI=1S/C23H22N4O2S2.2ClH/c28-22-20-5-1-2-6-21(20)26-23(29)27(22)17(16-31-19-9-13-25-14-10-19)4-3-15-30-18-7-11-24-12-8-18;;/h1-2,5-14,17H,3-4,15-16H2,(H,26,29);2*1H. The highest BCUT2D eigenvalue weighted by atomic mass is 35.5. The van der Waals surface area contributed by atoms with Crippen LogP contribution in [0.1, 0.15) is 18.9 Å². The highest BCUT2D eigenvalue weighted by molar-refractivity contribution is 7.99. The van der Waals surface area contributed by atoms with E-state index in [1.807, 2.05) is 36.4 Å². The second kappa shape index (κ2) is 13.4. The molecule has 0 spiro atoms. The Morgan fingerprint density at radius 1 is 0.848 bits per heavy atom. The van der Waals surface area contributed by atoms with Crippen LogP contribution in [0.4, 0.5) is 0 Å². The lowest BCUT2D eigenvalue weighted by Crippen LogP contribution is -2.39. The minimum Gasteiger partial charge on any atom is -0.307 e. The summed E-state index contributed by atoms with van der Waals surface area (Å²) in [4.78, 5) is 39.2. The van der Waals surface area contributed by atoms with Crippen LogP contribution in [-0.4, -0.2) is 31.0 Å². The van der Waals surface area contributed by atoms with Crippen molar-refractivity contribution in [2.45, 2.75) is 28.7 Å². The first kappa shape index (κ1) is 27.0. The van der Waals surface area contributed by atoms with Gasteiger partial charge in [-0.2, -0.15) is 0 Å². The van der Waals surface area contributed by atoms with Crippen LogP contribution in [0.3, 0.4) is 0 Å². The number of halogens is 2. The van der Waals surface area contributed by atoms with Crippen molar-refractivity contribution in [2.24, 2.45) is 0 Å². The Morgan fingerprint density at radius 3 is 2.12 bits per heavy atom. The molecule has 0 bridgehead atoms. The monoisotopic (exact) mass is 522 g/mol. The Balaban J connectivity index is 0.00000193. The van der Waals surface area contributed by atoms with Gasteiger partial charge in [0.1, 0.15) is 0 Å². The molecule has 1 N–H and O–H groups in total. The number of aromatic amines is 1. The Kier molecular flexibility index (Phi) is 11.0. The van der Waals surface area contributed by atoms with E-state index in [9.17, 15) is 9.59 Å². The number of H-pyrrole nitrogens is 1. The number of aromatic nitrogens is 4. The maximum absolute atomic E-state index is 13.2. The fraction of sp³-hybridized carbons (Fsp3) is 0.217. The molecule has 174 valence electrons. The summed E-state index contributed by atoms with van der Waals surface area (Å²) in [5.74, 6) is 1.53. The number of hydrogen-bond donors (Lipinski definition) is 1. The second-order valence-corrected chi connectivity index (χ2v) is 9.23. The number of nitrogens with one attached hydrogen (secondary N) is 1. The van der Waals surface area contributed by atoms with Crippen molar-refractivity contribution >= 4 is 59.2 Å². The highest BCUT2D eigenvalue weighted by Gasteiger charge is 2.18. The summed E-state index contributed by atoms with van der Waals surface area (Å²) in [6.45, 7) is 0. The van der Waals surface area contributed by atoms with Crippen LogP contribution in [0.5, 0.6) is 0 Å². The van der Waals surface area contributed by atoms with Crippen molar-refractivity contribution < 1.29 is 0 Å². The van der Waals surface area contributed by atoms with Crippen molar-refractivity contribution in [3.63, 3.8) is 0 Å². The maximum atomic E-state index is 13.2. The third-order valence-electron chi connectivity index (χ3n) is 4.89. The van der Waals surface area contributed by atoms with Crippen LogP contribution in [-0.2, 0) is 0 Å². The molecule has 4 aromatic rings. The predicted molar refractivity (Wildman–Crippen MR) is 142 cm³/mol. The third-order valence-corrected chi connectivity index (χ3v) is 7.15. The molecular formula is C23H24Cl2N4O2S2. The lowest BCUT2D eigenvalue weighted by atomic mass is 10.2. The maximum Gasteiger partial charge on any atom is 0.329 e. The highest BCUT2D eigenvalue weighted by Crippen LogP contribution is 2.26. The minimum atomic E-state index is -0.356. The van der Waals surface area contributed by atoms with Crippen LogP contribution >= 0.6 is 48.3 Å². The molecule has 0 saturated carbocycles. The van der Waals surface area contributed by atoms with Crippen molar-refractivity contribution in [2.75, 3.05) is 11.5 Å². The molecule has 4 rings (SSSR count). The predicted octanol–water partition coefficient (Wildman–Crippen LogP) is 5.23. The summed E-state index contributed by atoms with van der Waals surface area (Å²) in [7, 11) is 0. The summed E-state index contributed by atoms with van der Waals surface area (Å²) < 4.78 is 1.40. The molecule has 6 nitrogen and oxygen atoms in total. The topological polar surface area (TPSA) is 80.6 Å². The van der Waals surface area contributed by atoms with E-state index in [1.54, 1.807) is 60.4 Å². The fourth-order valence-electron chi connectivity index (χ4n) is 3.36. The molecule has 0 saturated heterocycles. The molecule has 0 aliphatic carbocycles. The normalized spacial score (nSPS) is 11.4. The van der Waals surface area contributed by atoms with Crippen LogP contribution in [0.2, 0.25) is 0 Å². The van der Waals surface area contributed by atoms with Crippen molar-refractivity contribution in [3.05, 3.63) is 94.2 Å². The second-order valence-electron chi connectivity index (χ2n) is 6.97. The summed E-state index contributed by atoms with van der Waals surface area (Å²) in [6, 6.07) is 14.8. The largest absolute Gasteiger partial charge is 0.329 e. The SMILES string of the molecule is Cl.Cl.O=c1[nH]c2ccccc2c(=O)n1C(CCCSc1ccncc1)CSc1ccncc1. The zero-order valence-corrected chi connectivity index (χ0v) is 20.9. The molecule has 3 heterocycles. The molecule has 3 aromatic heterocycles. The van der Waals surface area contributed by atoms with Gasteiger partial charge in [-0.1, -0.05) is 12.1 Å². The van der Waals surface area contributed by atoms with Gasteiger partial charge in [-0.15, -0.1) is 48.3 Å². The zero-order valence-electron chi connectivity index (χ0n) is 17.6. The number of fused-ring (bicyclic) bond motifs is 1. The molecule has 0 amide bonds. The van der Waals surface area contributed by atoms with Crippen LogP contribution in [0.25, 0.3) is 10.9 Å². The van der Waals surface area contributed by atoms with Crippen LogP contribution in [0.15, 0.2) is 92.7 Å². The molecule has 33 heavy (non-hydrogen) atoms. The van der Waals surface area contributed by atoms with Gasteiger partial charge in [0.15, 0.2) is 0 Å². The molecular weight excluding hydrogens is 499 g/mol. The van der Waals surface area contributed by atoms with Gasteiger partial charge in [0.2, 0.25) is 0 Å². The Bertz CT molecular complexity index is 1250. The minimum absolute atomic E-state index is 0. The molecule has 1 atom stereocenters. The van der Waals surface area contributed by atoms with Gasteiger partial charge in [0.05, 0.1) is 16.9 Å². The number of pyridine rings is 2. The van der Waals surface area contributed by atoms with Gasteiger partial charge in [-0.3, -0.25) is 19.3 Å². The lowest BCUT2D eigenvalue weighted by Gasteiger charge is -2.19. The van der Waals surface area contributed by atoms with Crippen LogP contribution in [0, 0.1) is 0 Å². The van der Waals surface area contributed by atoms with Gasteiger partial charge in [0.25, 0.3) is 5.56 Å². The van der Waals surface area contributed by atoms with E-state index >= 15 is 0 Å². The number of hydrogen-bond acceptors (Lipinski definition) is 6. The van der Waals surface area contributed by atoms with Gasteiger partial charge in [-0.25, -0.2) is 4.79 Å². The van der Waals surface area contributed by atoms with E-state index in [-0.39, 0.29) is 42.1 Å². The fourth-order valence-corrected chi connectivity index (χ4v) is 5.24. The van der Waals surface area contributed by atoms with Crippen molar-refractivity contribution in [3.8, 4) is 0 Å². The lowest BCUT2D eigenvalue weighted by molar-refractivity contribution is 0.478. The molecule has 0 fully saturated rings.